The Morgan fingerprint density at radius 3 is 2.69 bits per heavy atom. The molecular formula is C9H13N3O4. The molecule has 88 valence electrons. The van der Waals surface area contributed by atoms with Crippen LogP contribution in [0.2, 0.25) is 0 Å². The first kappa shape index (κ1) is 12.0. The molecule has 16 heavy (non-hydrogen) atoms. The van der Waals surface area contributed by atoms with Crippen molar-refractivity contribution in [1.29, 1.82) is 0 Å². The van der Waals surface area contributed by atoms with E-state index in [0.717, 1.165) is 0 Å². The molecule has 1 heterocycles. The Bertz CT molecular complexity index is 455. The van der Waals surface area contributed by atoms with Crippen molar-refractivity contribution < 1.29 is 15.0 Å². The van der Waals surface area contributed by atoms with Gasteiger partial charge in [0.1, 0.15) is 0 Å². The summed E-state index contributed by atoms with van der Waals surface area (Å²) in [6.07, 6.45) is 0.817. The maximum atomic E-state index is 11.5. The fourth-order valence-corrected chi connectivity index (χ4v) is 1.48. The summed E-state index contributed by atoms with van der Waals surface area (Å²) in [5.74, 6) is -3.11. The number of aromatic nitrogens is 2. The maximum Gasteiger partial charge on any atom is 0.311 e. The second-order valence-electron chi connectivity index (χ2n) is 3.37. The van der Waals surface area contributed by atoms with E-state index < -0.39 is 23.3 Å². The molecule has 0 radical (unpaired) electrons. The molecule has 1 rings (SSSR count). The van der Waals surface area contributed by atoms with Gasteiger partial charge in [0.25, 0.3) is 5.56 Å². The maximum absolute atomic E-state index is 11.5. The molecule has 0 saturated heterocycles. The summed E-state index contributed by atoms with van der Waals surface area (Å²) in [5, 5.41) is 18.4. The molecule has 0 aromatic carbocycles. The van der Waals surface area contributed by atoms with Gasteiger partial charge in [-0.05, 0) is 6.42 Å². The van der Waals surface area contributed by atoms with Crippen molar-refractivity contribution in [3.63, 3.8) is 0 Å². The number of carbonyl (C=O) groups is 1. The number of hydrogen-bond acceptors (Lipinski definition) is 5. The number of carboxylic acids is 1. The second kappa shape index (κ2) is 4.65. The summed E-state index contributed by atoms with van der Waals surface area (Å²) in [4.78, 5) is 28.0. The number of nitrogen functional groups attached to an aromatic ring is 1. The van der Waals surface area contributed by atoms with E-state index in [-0.39, 0.29) is 17.9 Å². The summed E-state index contributed by atoms with van der Waals surface area (Å²) in [5.41, 5.74) is 4.24. The largest absolute Gasteiger partial charge is 0.493 e. The zero-order valence-electron chi connectivity index (χ0n) is 8.73. The van der Waals surface area contributed by atoms with Gasteiger partial charge in [0.15, 0.2) is 0 Å². The van der Waals surface area contributed by atoms with Crippen molar-refractivity contribution in [3.05, 3.63) is 15.9 Å². The van der Waals surface area contributed by atoms with Crippen molar-refractivity contribution in [1.82, 2.24) is 9.97 Å². The zero-order valence-corrected chi connectivity index (χ0v) is 8.73. The van der Waals surface area contributed by atoms with Crippen LogP contribution in [0.15, 0.2) is 4.79 Å². The average Bonchev–Trinajstić information content (AvgIpc) is 2.14. The molecule has 0 amide bonds. The van der Waals surface area contributed by atoms with E-state index in [1.807, 2.05) is 0 Å². The quantitative estimate of drug-likeness (QED) is 0.574. The van der Waals surface area contributed by atoms with Crippen LogP contribution in [0.4, 0.5) is 5.95 Å². The summed E-state index contributed by atoms with van der Waals surface area (Å²) < 4.78 is 0. The molecule has 0 aliphatic carbocycles. The number of nitrogens with one attached hydrogen (secondary N) is 1. The van der Waals surface area contributed by atoms with Crippen LogP contribution in [0.25, 0.3) is 0 Å². The number of aromatic amines is 1. The van der Waals surface area contributed by atoms with Gasteiger partial charge in [-0.3, -0.25) is 14.6 Å². The smallest absolute Gasteiger partial charge is 0.311 e. The Morgan fingerprint density at radius 1 is 1.62 bits per heavy atom. The molecule has 1 atom stereocenters. The Hall–Kier alpha value is -2.05. The van der Waals surface area contributed by atoms with Gasteiger partial charge < -0.3 is 15.9 Å². The molecule has 0 spiro atoms. The fraction of sp³-hybridized carbons (Fsp3) is 0.444. The van der Waals surface area contributed by atoms with Crippen molar-refractivity contribution in [2.45, 2.75) is 25.7 Å². The highest BCUT2D eigenvalue weighted by Crippen LogP contribution is 2.24. The van der Waals surface area contributed by atoms with Crippen LogP contribution in [0.3, 0.4) is 0 Å². The zero-order chi connectivity index (χ0) is 12.3. The third-order valence-electron chi connectivity index (χ3n) is 2.18. The molecule has 7 nitrogen and oxygen atoms in total. The number of nitrogens with zero attached hydrogens (tertiary/aromatic N) is 1. The van der Waals surface area contributed by atoms with Crippen LogP contribution in [0.1, 0.15) is 31.2 Å². The van der Waals surface area contributed by atoms with Crippen LogP contribution in [0.5, 0.6) is 5.88 Å². The van der Waals surface area contributed by atoms with E-state index >= 15 is 0 Å². The lowest BCUT2D eigenvalue weighted by atomic mass is 9.96. The molecule has 5 N–H and O–H groups in total. The number of H-pyrrole nitrogens is 1. The minimum absolute atomic E-state index is 0.244. The molecule has 0 bridgehead atoms. The summed E-state index contributed by atoms with van der Waals surface area (Å²) in [6, 6.07) is 0. The third-order valence-corrected chi connectivity index (χ3v) is 2.18. The first-order valence-corrected chi connectivity index (χ1v) is 4.78. The summed E-state index contributed by atoms with van der Waals surface area (Å²) in [6.45, 7) is 1.78. The van der Waals surface area contributed by atoms with Crippen molar-refractivity contribution in [2.75, 3.05) is 5.73 Å². The number of carboxylic acid groups (broad SMARTS) is 1. The first-order chi connectivity index (χ1) is 7.47. The van der Waals surface area contributed by atoms with E-state index in [2.05, 4.69) is 9.97 Å². The molecule has 0 aliphatic heterocycles. The Labute approximate surface area is 90.9 Å². The topological polar surface area (TPSA) is 129 Å². The lowest BCUT2D eigenvalue weighted by Gasteiger charge is -2.11. The van der Waals surface area contributed by atoms with Gasteiger partial charge >= 0.3 is 5.97 Å². The van der Waals surface area contributed by atoms with Gasteiger partial charge in [-0.1, -0.05) is 13.3 Å². The number of aromatic hydroxyl groups is 1. The van der Waals surface area contributed by atoms with E-state index in [0.29, 0.717) is 6.42 Å². The molecule has 0 aliphatic rings. The highest BCUT2D eigenvalue weighted by Gasteiger charge is 2.26. The number of rotatable bonds is 4. The van der Waals surface area contributed by atoms with Crippen LogP contribution in [0, 0.1) is 0 Å². The predicted molar refractivity (Wildman–Crippen MR) is 56.2 cm³/mol. The van der Waals surface area contributed by atoms with Gasteiger partial charge in [0, 0.05) is 0 Å². The van der Waals surface area contributed by atoms with Crippen LogP contribution in [-0.4, -0.2) is 26.2 Å². The minimum Gasteiger partial charge on any atom is -0.493 e. The Morgan fingerprint density at radius 2 is 2.25 bits per heavy atom. The summed E-state index contributed by atoms with van der Waals surface area (Å²) >= 11 is 0. The first-order valence-electron chi connectivity index (χ1n) is 4.78. The van der Waals surface area contributed by atoms with Crippen molar-refractivity contribution in [2.24, 2.45) is 0 Å². The van der Waals surface area contributed by atoms with Gasteiger partial charge in [-0.25, -0.2) is 0 Å². The minimum atomic E-state index is -1.17. The molecule has 7 heteroatoms. The number of nitrogens with two attached hydrogens (primary N) is 1. The van der Waals surface area contributed by atoms with Crippen LogP contribution >= 0.6 is 0 Å². The number of hydrogen-bond donors (Lipinski definition) is 4. The van der Waals surface area contributed by atoms with E-state index in [1.165, 1.54) is 0 Å². The monoisotopic (exact) mass is 227 g/mol. The highest BCUT2D eigenvalue weighted by molar-refractivity contribution is 5.76. The normalized spacial score (nSPS) is 12.3. The van der Waals surface area contributed by atoms with Gasteiger partial charge in [-0.2, -0.15) is 4.98 Å². The highest BCUT2D eigenvalue weighted by atomic mass is 16.4. The Balaban J connectivity index is 3.29. The lowest BCUT2D eigenvalue weighted by molar-refractivity contribution is -0.139. The Kier molecular flexibility index (Phi) is 3.49. The second-order valence-corrected chi connectivity index (χ2v) is 3.37. The lowest BCUT2D eigenvalue weighted by Crippen LogP contribution is -2.23. The third kappa shape index (κ3) is 2.30. The average molecular weight is 227 g/mol. The molecule has 1 aromatic heterocycles. The number of aliphatic carboxylic acids is 1. The summed E-state index contributed by atoms with van der Waals surface area (Å²) in [7, 11) is 0. The van der Waals surface area contributed by atoms with E-state index in [1.54, 1.807) is 6.92 Å². The molecular weight excluding hydrogens is 214 g/mol. The van der Waals surface area contributed by atoms with Gasteiger partial charge in [0.2, 0.25) is 11.8 Å². The number of anilines is 1. The standard InChI is InChI=1S/C9H13N3O4/c1-2-3-4(8(15)16)5-6(13)11-9(10)12-7(5)14/h4H,2-3H2,1H3,(H,15,16)(H4,10,11,12,13,14)/t4-/m1/s1. The van der Waals surface area contributed by atoms with E-state index in [9.17, 15) is 14.7 Å². The van der Waals surface area contributed by atoms with Crippen LogP contribution in [-0.2, 0) is 4.79 Å². The van der Waals surface area contributed by atoms with Gasteiger partial charge in [-0.15, -0.1) is 0 Å². The van der Waals surface area contributed by atoms with E-state index in [4.69, 9.17) is 10.8 Å². The molecule has 0 fully saturated rings. The fourth-order valence-electron chi connectivity index (χ4n) is 1.48. The SMILES string of the molecule is CCC[C@@H](C(=O)O)c1c(O)nc(N)[nH]c1=O. The van der Waals surface area contributed by atoms with Crippen molar-refractivity contribution in [3.8, 4) is 5.88 Å². The molecule has 0 unspecified atom stereocenters. The predicted octanol–water partition coefficient (Wildman–Crippen LogP) is 0.0260. The molecule has 1 aromatic rings. The molecule has 0 saturated carbocycles. The van der Waals surface area contributed by atoms with Crippen LogP contribution < -0.4 is 11.3 Å². The van der Waals surface area contributed by atoms with Gasteiger partial charge in [0.05, 0.1) is 11.5 Å². The van der Waals surface area contributed by atoms with Crippen molar-refractivity contribution >= 4 is 11.9 Å².